The van der Waals surface area contributed by atoms with Gasteiger partial charge in [0.25, 0.3) is 10.0 Å². The first kappa shape index (κ1) is 20.5. The van der Waals surface area contributed by atoms with E-state index in [2.05, 4.69) is 13.8 Å². The molecule has 1 aliphatic carbocycles. The predicted octanol–water partition coefficient (Wildman–Crippen LogP) is 4.59. The fourth-order valence-corrected chi connectivity index (χ4v) is 4.37. The third kappa shape index (κ3) is 3.84. The Balaban J connectivity index is 0.000000755. The van der Waals surface area contributed by atoms with Crippen molar-refractivity contribution in [3.63, 3.8) is 0 Å². The van der Waals surface area contributed by atoms with E-state index in [4.69, 9.17) is 0 Å². The summed E-state index contributed by atoms with van der Waals surface area (Å²) in [4.78, 5) is 24.5. The Bertz CT molecular complexity index is 1170. The summed E-state index contributed by atoms with van der Waals surface area (Å²) in [6.45, 7) is 4.25. The molecule has 29 heavy (non-hydrogen) atoms. The first-order chi connectivity index (χ1) is 13.9. The van der Waals surface area contributed by atoms with E-state index in [0.29, 0.717) is 11.1 Å². The monoisotopic (exact) mass is 407 g/mol. The van der Waals surface area contributed by atoms with Crippen LogP contribution in [0.15, 0.2) is 77.8 Å². The summed E-state index contributed by atoms with van der Waals surface area (Å²) in [5, 5.41) is 0. The van der Waals surface area contributed by atoms with E-state index in [0.717, 1.165) is 10.0 Å². The Morgan fingerprint density at radius 1 is 0.828 bits per heavy atom. The van der Waals surface area contributed by atoms with Gasteiger partial charge in [0.15, 0.2) is 0 Å². The molecule has 5 nitrogen and oxygen atoms in total. The highest BCUT2D eigenvalue weighted by Gasteiger charge is 2.32. The summed E-state index contributed by atoms with van der Waals surface area (Å²) in [6, 6.07) is 16.9. The minimum absolute atomic E-state index is 0.107. The van der Waals surface area contributed by atoms with E-state index in [9.17, 15) is 18.0 Å². The molecule has 3 aromatic rings. The molecule has 0 bridgehead atoms. The maximum atomic E-state index is 13.1. The number of carbonyl (C=O) groups excluding carboxylic acids is 2. The van der Waals surface area contributed by atoms with Crippen molar-refractivity contribution in [1.29, 1.82) is 0 Å². The van der Waals surface area contributed by atoms with Crippen LogP contribution in [0.4, 0.5) is 0 Å². The second-order valence-electron chi connectivity index (χ2n) is 6.52. The van der Waals surface area contributed by atoms with Crippen LogP contribution in [-0.2, 0) is 14.8 Å². The number of rotatable bonds is 3. The summed E-state index contributed by atoms with van der Waals surface area (Å²) >= 11 is 0. The summed E-state index contributed by atoms with van der Waals surface area (Å²) in [6.07, 6.45) is 5.14. The van der Waals surface area contributed by atoms with Crippen LogP contribution in [0.3, 0.4) is 0 Å². The molecule has 0 fully saturated rings. The van der Waals surface area contributed by atoms with Crippen molar-refractivity contribution in [3.05, 3.63) is 84.2 Å². The minimum atomic E-state index is -3.91. The van der Waals surface area contributed by atoms with Crippen LogP contribution < -0.4 is 0 Å². The molecule has 0 spiro atoms. The lowest BCUT2D eigenvalue weighted by molar-refractivity contribution is -0.110. The van der Waals surface area contributed by atoms with Gasteiger partial charge in [-0.2, -0.15) is 0 Å². The Labute approximate surface area is 170 Å². The number of benzene rings is 2. The lowest BCUT2D eigenvalue weighted by Gasteiger charge is -2.11. The van der Waals surface area contributed by atoms with Gasteiger partial charge in [-0.05, 0) is 29.8 Å². The third-order valence-corrected chi connectivity index (χ3v) is 5.93. The lowest BCUT2D eigenvalue weighted by Crippen LogP contribution is -2.19. The predicted molar refractivity (Wildman–Crippen MR) is 113 cm³/mol. The Morgan fingerprint density at radius 2 is 1.38 bits per heavy atom. The van der Waals surface area contributed by atoms with Crippen molar-refractivity contribution in [1.82, 2.24) is 3.97 Å². The molecule has 1 aromatic heterocycles. The zero-order chi connectivity index (χ0) is 21.0. The third-order valence-electron chi connectivity index (χ3n) is 4.24. The van der Waals surface area contributed by atoms with Gasteiger partial charge in [-0.15, -0.1) is 0 Å². The topological polar surface area (TPSA) is 73.2 Å². The highest BCUT2D eigenvalue weighted by molar-refractivity contribution is 7.90. The van der Waals surface area contributed by atoms with E-state index in [1.807, 2.05) is 6.07 Å². The number of allylic oxidation sites excluding steroid dienone is 1. The molecule has 2 aromatic carbocycles. The first-order valence-electron chi connectivity index (χ1n) is 9.30. The van der Waals surface area contributed by atoms with Crippen LogP contribution in [0.25, 0.3) is 17.2 Å². The van der Waals surface area contributed by atoms with Crippen LogP contribution >= 0.6 is 0 Å². The van der Waals surface area contributed by atoms with E-state index < -0.39 is 21.6 Å². The number of Topliss-reactive ketones (excluding diaryl/α,β-unsaturated/α-hetero) is 1. The van der Waals surface area contributed by atoms with Gasteiger partial charge in [0, 0.05) is 11.8 Å². The number of carbonyl (C=O) groups is 2. The smallest absolute Gasteiger partial charge is 0.268 e. The molecule has 148 valence electrons. The van der Waals surface area contributed by atoms with Crippen LogP contribution in [0.2, 0.25) is 0 Å². The van der Waals surface area contributed by atoms with Crippen molar-refractivity contribution >= 4 is 27.7 Å². The molecule has 0 saturated heterocycles. The van der Waals surface area contributed by atoms with Crippen molar-refractivity contribution < 1.29 is 18.0 Å². The normalized spacial score (nSPS) is 12.9. The molecule has 0 amide bonds. The highest BCUT2D eigenvalue weighted by atomic mass is 32.2. The molecule has 1 aliphatic rings. The summed E-state index contributed by atoms with van der Waals surface area (Å²) in [5.41, 5.74) is 1.39. The standard InChI is InChI=1S/C20H13NO4S.C3H8/c22-18-12-11-17-19(20(18)23)16(14-7-3-1-4-8-14)13-21(17)26(24,25)15-9-5-2-6-10-15;1-3-2/h1-13H;3H2,1-2H3. The van der Waals surface area contributed by atoms with Crippen molar-refractivity contribution in [2.45, 2.75) is 25.2 Å². The number of aromatic nitrogens is 1. The molecule has 0 atom stereocenters. The average Bonchev–Trinajstić information content (AvgIpc) is 3.14. The number of ketones is 2. The van der Waals surface area contributed by atoms with E-state index in [-0.39, 0.29) is 16.2 Å². The summed E-state index contributed by atoms with van der Waals surface area (Å²) in [5.74, 6) is -1.37. The molecule has 6 heteroatoms. The molecule has 0 N–H and O–H groups in total. The minimum Gasteiger partial charge on any atom is -0.286 e. The second kappa shape index (κ2) is 8.41. The van der Waals surface area contributed by atoms with Gasteiger partial charge in [0.1, 0.15) is 0 Å². The average molecular weight is 407 g/mol. The molecule has 4 rings (SSSR count). The fourth-order valence-electron chi connectivity index (χ4n) is 2.99. The van der Waals surface area contributed by atoms with Gasteiger partial charge in [0.05, 0.1) is 16.2 Å². The molecule has 0 aliphatic heterocycles. The van der Waals surface area contributed by atoms with Gasteiger partial charge in [-0.25, -0.2) is 12.4 Å². The molecule has 0 saturated carbocycles. The van der Waals surface area contributed by atoms with Crippen LogP contribution in [0.5, 0.6) is 0 Å². The van der Waals surface area contributed by atoms with Gasteiger partial charge < -0.3 is 0 Å². The highest BCUT2D eigenvalue weighted by Crippen LogP contribution is 2.34. The number of fused-ring (bicyclic) bond motifs is 1. The second-order valence-corrected chi connectivity index (χ2v) is 8.33. The van der Waals surface area contributed by atoms with Gasteiger partial charge >= 0.3 is 0 Å². The maximum Gasteiger partial charge on any atom is 0.268 e. The van der Waals surface area contributed by atoms with Crippen molar-refractivity contribution in [2.24, 2.45) is 0 Å². The van der Waals surface area contributed by atoms with Crippen LogP contribution in [0, 0.1) is 0 Å². The Kier molecular flexibility index (Phi) is 5.94. The summed E-state index contributed by atoms with van der Waals surface area (Å²) in [7, 11) is -3.91. The first-order valence-corrected chi connectivity index (χ1v) is 10.7. The van der Waals surface area contributed by atoms with Gasteiger partial charge in [-0.1, -0.05) is 68.8 Å². The zero-order valence-corrected chi connectivity index (χ0v) is 17.0. The Morgan fingerprint density at radius 3 is 1.97 bits per heavy atom. The van der Waals surface area contributed by atoms with Crippen LogP contribution in [0.1, 0.15) is 36.3 Å². The maximum absolute atomic E-state index is 13.1. The number of hydrogen-bond acceptors (Lipinski definition) is 4. The quantitative estimate of drug-likeness (QED) is 0.596. The van der Waals surface area contributed by atoms with Crippen LogP contribution in [-0.4, -0.2) is 24.0 Å². The largest absolute Gasteiger partial charge is 0.286 e. The zero-order valence-electron chi connectivity index (χ0n) is 16.2. The van der Waals surface area contributed by atoms with E-state index in [1.165, 1.54) is 30.8 Å². The van der Waals surface area contributed by atoms with Crippen molar-refractivity contribution in [3.8, 4) is 11.1 Å². The molecule has 0 radical (unpaired) electrons. The molecule has 1 heterocycles. The number of hydrogen-bond donors (Lipinski definition) is 0. The summed E-state index contributed by atoms with van der Waals surface area (Å²) < 4.78 is 27.2. The van der Waals surface area contributed by atoms with Crippen molar-refractivity contribution in [2.75, 3.05) is 0 Å². The lowest BCUT2D eigenvalue weighted by atomic mass is 9.94. The number of nitrogens with zero attached hydrogens (tertiary/aromatic N) is 1. The molecule has 0 unspecified atom stereocenters. The molecular formula is C23H21NO4S. The fraction of sp³-hybridized carbons (Fsp3) is 0.130. The van der Waals surface area contributed by atoms with E-state index >= 15 is 0 Å². The van der Waals surface area contributed by atoms with Gasteiger partial charge in [0.2, 0.25) is 11.6 Å². The SMILES string of the molecule is CCC.O=C1C=Cc2c(c(-c3ccccc3)cn2S(=O)(=O)c2ccccc2)C1=O. The molecular weight excluding hydrogens is 386 g/mol. The van der Waals surface area contributed by atoms with E-state index in [1.54, 1.807) is 42.5 Å². The van der Waals surface area contributed by atoms with Gasteiger partial charge in [-0.3, -0.25) is 9.59 Å². The Hall–Kier alpha value is -3.25.